The van der Waals surface area contributed by atoms with Gasteiger partial charge in [0.05, 0.1) is 29.2 Å². The molecule has 4 rings (SSSR count). The summed E-state index contributed by atoms with van der Waals surface area (Å²) >= 11 is 0. The van der Waals surface area contributed by atoms with Crippen molar-refractivity contribution in [1.82, 2.24) is 25.2 Å². The molecule has 2 aromatic heterocycles. The fourth-order valence-electron chi connectivity index (χ4n) is 4.66. The van der Waals surface area contributed by atoms with E-state index in [2.05, 4.69) is 40.0 Å². The van der Waals surface area contributed by atoms with E-state index in [1.165, 1.54) is 25.9 Å². The molecule has 0 aliphatic carbocycles. The number of carbonyl (C=O) groups is 1. The topological polar surface area (TPSA) is 74.2 Å². The number of rotatable bonds is 7. The molecule has 2 fully saturated rings. The molecular formula is C23H34N6O. The monoisotopic (exact) mass is 410 g/mol. The minimum atomic E-state index is 0.0350. The largest absolute Gasteiger partial charge is 0.369 e. The Kier molecular flexibility index (Phi) is 6.77. The molecule has 0 radical (unpaired) electrons. The number of hydrogen-bond donors (Lipinski definition) is 1. The van der Waals surface area contributed by atoms with Crippen LogP contribution < -0.4 is 10.2 Å². The summed E-state index contributed by atoms with van der Waals surface area (Å²) in [4.78, 5) is 31.5. The molecule has 1 atom stereocenters. The van der Waals surface area contributed by atoms with Gasteiger partial charge in [-0.15, -0.1) is 0 Å². The fraction of sp³-hybridized carbons (Fsp3) is 0.652. The van der Waals surface area contributed by atoms with Gasteiger partial charge in [-0.05, 0) is 57.7 Å². The van der Waals surface area contributed by atoms with Crippen LogP contribution in [0.3, 0.4) is 0 Å². The van der Waals surface area contributed by atoms with E-state index in [9.17, 15) is 4.79 Å². The molecule has 0 unspecified atom stereocenters. The van der Waals surface area contributed by atoms with Crippen LogP contribution in [0.25, 0.3) is 11.2 Å². The molecule has 30 heavy (non-hydrogen) atoms. The number of carbonyl (C=O) groups excluding carboxylic acids is 1. The fourth-order valence-corrected chi connectivity index (χ4v) is 4.66. The highest BCUT2D eigenvalue weighted by atomic mass is 16.1. The van der Waals surface area contributed by atoms with E-state index in [4.69, 9.17) is 9.97 Å². The third-order valence-electron chi connectivity index (χ3n) is 6.42. The zero-order valence-electron chi connectivity index (χ0n) is 18.4. The lowest BCUT2D eigenvalue weighted by Gasteiger charge is -2.33. The van der Waals surface area contributed by atoms with Gasteiger partial charge in [-0.2, -0.15) is 0 Å². The van der Waals surface area contributed by atoms with Gasteiger partial charge in [-0.25, -0.2) is 15.0 Å². The number of nitrogens with zero attached hydrogens (tertiary/aromatic N) is 5. The Balaban J connectivity index is 1.40. The first kappa shape index (κ1) is 21.0. The Morgan fingerprint density at radius 3 is 2.63 bits per heavy atom. The molecule has 2 aliphatic rings. The highest BCUT2D eigenvalue weighted by molar-refractivity contribution is 5.80. The van der Waals surface area contributed by atoms with Crippen LogP contribution in [0, 0.1) is 5.92 Å². The first-order valence-electron chi connectivity index (χ1n) is 11.6. The predicted molar refractivity (Wildman–Crippen MR) is 120 cm³/mol. The minimum Gasteiger partial charge on any atom is -0.369 e. The van der Waals surface area contributed by atoms with E-state index in [0.717, 1.165) is 74.5 Å². The lowest BCUT2D eigenvalue weighted by molar-refractivity contribution is -0.125. The maximum Gasteiger partial charge on any atom is 0.224 e. The predicted octanol–water partition coefficient (Wildman–Crippen LogP) is 2.58. The summed E-state index contributed by atoms with van der Waals surface area (Å²) in [5, 5.41) is 3.16. The summed E-state index contributed by atoms with van der Waals surface area (Å²) in [5.74, 6) is 0.223. The average molecular weight is 411 g/mol. The zero-order valence-corrected chi connectivity index (χ0v) is 18.4. The van der Waals surface area contributed by atoms with Crippen LogP contribution in [0.5, 0.6) is 0 Å². The normalized spacial score (nSPS) is 20.1. The third-order valence-corrected chi connectivity index (χ3v) is 6.42. The second-order valence-corrected chi connectivity index (χ2v) is 8.49. The highest BCUT2D eigenvalue weighted by Crippen LogP contribution is 2.25. The molecule has 1 N–H and O–H groups in total. The number of piperidine rings is 1. The number of aryl methyl sites for hydroxylation is 2. The van der Waals surface area contributed by atoms with E-state index >= 15 is 0 Å². The number of pyridine rings is 1. The van der Waals surface area contributed by atoms with E-state index < -0.39 is 0 Å². The van der Waals surface area contributed by atoms with Gasteiger partial charge in [0, 0.05) is 26.2 Å². The van der Waals surface area contributed by atoms with Crippen LogP contribution in [-0.4, -0.2) is 65.0 Å². The molecule has 1 amide bonds. The van der Waals surface area contributed by atoms with Crippen molar-refractivity contribution >= 4 is 22.8 Å². The second-order valence-electron chi connectivity index (χ2n) is 8.49. The number of aromatic nitrogens is 3. The number of nitrogens with one attached hydrogen (secondary N) is 1. The Labute approximate surface area is 179 Å². The van der Waals surface area contributed by atoms with Crippen molar-refractivity contribution in [3.05, 3.63) is 23.7 Å². The van der Waals surface area contributed by atoms with E-state index in [1.54, 1.807) is 0 Å². The van der Waals surface area contributed by atoms with Crippen molar-refractivity contribution in [2.45, 2.75) is 52.4 Å². The van der Waals surface area contributed by atoms with Gasteiger partial charge in [-0.3, -0.25) is 4.79 Å². The molecule has 0 spiro atoms. The van der Waals surface area contributed by atoms with Crippen LogP contribution in [0.15, 0.2) is 12.3 Å². The van der Waals surface area contributed by atoms with Crippen molar-refractivity contribution in [1.29, 1.82) is 0 Å². The van der Waals surface area contributed by atoms with Crippen molar-refractivity contribution < 1.29 is 4.79 Å². The minimum absolute atomic E-state index is 0.0350. The highest BCUT2D eigenvalue weighted by Gasteiger charge is 2.26. The van der Waals surface area contributed by atoms with E-state index in [-0.39, 0.29) is 11.8 Å². The van der Waals surface area contributed by atoms with Gasteiger partial charge >= 0.3 is 0 Å². The quantitative estimate of drug-likeness (QED) is 0.756. The molecule has 162 valence electrons. The van der Waals surface area contributed by atoms with Crippen LogP contribution >= 0.6 is 0 Å². The summed E-state index contributed by atoms with van der Waals surface area (Å²) in [6.45, 7) is 9.97. The van der Waals surface area contributed by atoms with Gasteiger partial charge < -0.3 is 15.1 Å². The molecule has 2 saturated heterocycles. The summed E-state index contributed by atoms with van der Waals surface area (Å²) in [6.07, 6.45) is 8.17. The number of likely N-dealkylation sites (tertiary alicyclic amines) is 1. The summed E-state index contributed by atoms with van der Waals surface area (Å²) < 4.78 is 0. The summed E-state index contributed by atoms with van der Waals surface area (Å²) in [6, 6.07) is 2.08. The van der Waals surface area contributed by atoms with Crippen LogP contribution in [0.1, 0.15) is 50.9 Å². The van der Waals surface area contributed by atoms with Gasteiger partial charge in [-0.1, -0.05) is 13.8 Å². The molecule has 0 bridgehead atoms. The average Bonchev–Trinajstić information content (AvgIpc) is 3.31. The van der Waals surface area contributed by atoms with Crippen molar-refractivity contribution in [2.75, 3.05) is 44.2 Å². The number of anilines is 1. The van der Waals surface area contributed by atoms with Gasteiger partial charge in [0.2, 0.25) is 5.91 Å². The van der Waals surface area contributed by atoms with Crippen molar-refractivity contribution in [2.24, 2.45) is 5.92 Å². The molecule has 2 aliphatic heterocycles. The molecular weight excluding hydrogens is 376 g/mol. The standard InChI is InChI=1S/C23H34N6O/c1-3-19-20(4-2)27-22-21(26-19)14-18(15-25-22)29-12-7-8-17(16-29)23(30)24-9-13-28-10-5-6-11-28/h14-15,17H,3-13,16H2,1-2H3,(H,24,30)/t17-/m1/s1. The van der Waals surface area contributed by atoms with Crippen LogP contribution in [-0.2, 0) is 17.6 Å². The van der Waals surface area contributed by atoms with Gasteiger partial charge in [0.15, 0.2) is 5.65 Å². The van der Waals surface area contributed by atoms with Crippen LogP contribution in [0.2, 0.25) is 0 Å². The van der Waals surface area contributed by atoms with Crippen molar-refractivity contribution in [3.63, 3.8) is 0 Å². The first-order valence-corrected chi connectivity index (χ1v) is 11.6. The molecule has 2 aromatic rings. The second kappa shape index (κ2) is 9.69. The maximum absolute atomic E-state index is 12.7. The Morgan fingerprint density at radius 2 is 1.87 bits per heavy atom. The molecule has 0 saturated carbocycles. The van der Waals surface area contributed by atoms with E-state index in [1.807, 2.05) is 6.20 Å². The molecule has 7 heteroatoms. The van der Waals surface area contributed by atoms with E-state index in [0.29, 0.717) is 5.65 Å². The van der Waals surface area contributed by atoms with Gasteiger partial charge in [0.1, 0.15) is 5.52 Å². The lowest BCUT2D eigenvalue weighted by atomic mass is 9.96. The summed E-state index contributed by atoms with van der Waals surface area (Å²) in [7, 11) is 0. The van der Waals surface area contributed by atoms with Crippen LogP contribution in [0.4, 0.5) is 5.69 Å². The number of hydrogen-bond acceptors (Lipinski definition) is 6. The summed E-state index contributed by atoms with van der Waals surface area (Å²) in [5.41, 5.74) is 4.68. The number of fused-ring (bicyclic) bond motifs is 1. The smallest absolute Gasteiger partial charge is 0.224 e. The first-order chi connectivity index (χ1) is 14.7. The number of amides is 1. The molecule has 7 nitrogen and oxygen atoms in total. The lowest BCUT2D eigenvalue weighted by Crippen LogP contribution is -2.44. The Morgan fingerprint density at radius 1 is 1.10 bits per heavy atom. The van der Waals surface area contributed by atoms with Gasteiger partial charge in [0.25, 0.3) is 0 Å². The Bertz CT molecular complexity index is 879. The Hall–Kier alpha value is -2.28. The maximum atomic E-state index is 12.7. The third kappa shape index (κ3) is 4.72. The zero-order chi connectivity index (χ0) is 20.9. The molecule has 4 heterocycles. The molecule has 0 aromatic carbocycles. The SMILES string of the molecule is CCc1nc2cc(N3CCC[C@@H](C(=O)NCCN4CCCC4)C3)cnc2nc1CC. The van der Waals surface area contributed by atoms with Crippen molar-refractivity contribution in [3.8, 4) is 0 Å².